The number of rotatable bonds is 8. The van der Waals surface area contributed by atoms with E-state index in [0.29, 0.717) is 17.8 Å². The van der Waals surface area contributed by atoms with Crippen LogP contribution < -0.4 is 0 Å². The third-order valence-corrected chi connectivity index (χ3v) is 7.71. The van der Waals surface area contributed by atoms with E-state index in [0.717, 1.165) is 19.3 Å². The fourth-order valence-corrected chi connectivity index (χ4v) is 6.19. The highest BCUT2D eigenvalue weighted by Crippen LogP contribution is 2.60. The Bertz CT molecular complexity index is 654. The van der Waals surface area contributed by atoms with Crippen molar-refractivity contribution in [2.24, 2.45) is 23.2 Å². The van der Waals surface area contributed by atoms with Gasteiger partial charge < -0.3 is 4.74 Å². The number of hydrogen-bond donors (Lipinski definition) is 0. The van der Waals surface area contributed by atoms with Crippen LogP contribution in [0.25, 0.3) is 0 Å². The number of sulfone groups is 1. The molecule has 0 atom stereocenters. The number of hydrogen-bond acceptors (Lipinski definition) is 4. The molecular formula is C18H26F4O4S. The standard InChI is InChI=1S/C18H26F4O4S/c1-27(24,25)18(21,22)17(19,20)4-2-3-5-26-15(23)16-9-12-6-13(10-16)8-14(7-12)11-16/h12-14H,2-11H2,1H3. The average molecular weight is 414 g/mol. The van der Waals surface area contributed by atoms with Gasteiger partial charge in [-0.3, -0.25) is 4.79 Å². The maximum absolute atomic E-state index is 13.6. The quantitative estimate of drug-likeness (QED) is 0.340. The Morgan fingerprint density at radius 3 is 1.93 bits per heavy atom. The molecule has 0 heterocycles. The van der Waals surface area contributed by atoms with Gasteiger partial charge >= 0.3 is 17.1 Å². The number of unbranched alkanes of at least 4 members (excludes halogenated alkanes) is 1. The van der Waals surface area contributed by atoms with E-state index in [1.54, 1.807) is 0 Å². The highest BCUT2D eigenvalue weighted by Gasteiger charge is 2.63. The van der Waals surface area contributed by atoms with E-state index in [-0.39, 0.29) is 31.7 Å². The molecule has 0 radical (unpaired) electrons. The topological polar surface area (TPSA) is 60.4 Å². The number of carbonyl (C=O) groups is 1. The van der Waals surface area contributed by atoms with Gasteiger partial charge in [-0.25, -0.2) is 8.42 Å². The number of halogens is 4. The van der Waals surface area contributed by atoms with Crippen LogP contribution in [0.15, 0.2) is 0 Å². The number of esters is 1. The molecule has 0 saturated heterocycles. The molecule has 0 aromatic heterocycles. The second kappa shape index (κ2) is 6.88. The van der Waals surface area contributed by atoms with Crippen LogP contribution in [-0.2, 0) is 19.4 Å². The maximum atomic E-state index is 13.6. The number of ether oxygens (including phenoxy) is 1. The fourth-order valence-electron chi connectivity index (χ4n) is 5.54. The summed E-state index contributed by atoms with van der Waals surface area (Å²) >= 11 is 0. The van der Waals surface area contributed by atoms with Crippen LogP contribution in [0.4, 0.5) is 17.6 Å². The maximum Gasteiger partial charge on any atom is 0.406 e. The van der Waals surface area contributed by atoms with Gasteiger partial charge in [-0.05, 0) is 69.1 Å². The van der Waals surface area contributed by atoms with Gasteiger partial charge in [0, 0.05) is 12.7 Å². The van der Waals surface area contributed by atoms with E-state index in [4.69, 9.17) is 4.74 Å². The Hall–Kier alpha value is -0.860. The van der Waals surface area contributed by atoms with E-state index >= 15 is 0 Å². The molecule has 0 amide bonds. The molecule has 4 rings (SSSR count). The summed E-state index contributed by atoms with van der Waals surface area (Å²) in [5, 5.41) is -5.10. The minimum Gasteiger partial charge on any atom is -0.465 e. The SMILES string of the molecule is CS(=O)(=O)C(F)(F)C(F)(F)CCCCOC(=O)C12CC3CC(CC(C3)C1)C2. The van der Waals surface area contributed by atoms with Crippen LogP contribution in [0, 0.1) is 23.2 Å². The molecular weight excluding hydrogens is 388 g/mol. The first-order valence-corrected chi connectivity index (χ1v) is 11.4. The Balaban J connectivity index is 1.45. The average Bonchev–Trinajstić information content (AvgIpc) is 2.51. The summed E-state index contributed by atoms with van der Waals surface area (Å²) in [6, 6.07) is 0. The lowest BCUT2D eigenvalue weighted by Gasteiger charge is -2.55. The summed E-state index contributed by atoms with van der Waals surface area (Å²) in [5.41, 5.74) is -0.442. The normalized spacial score (nSPS) is 33.3. The van der Waals surface area contributed by atoms with Gasteiger partial charge in [0.1, 0.15) is 0 Å². The van der Waals surface area contributed by atoms with Crippen LogP contribution in [0.5, 0.6) is 0 Å². The molecule has 4 bridgehead atoms. The van der Waals surface area contributed by atoms with Crippen molar-refractivity contribution in [2.75, 3.05) is 12.9 Å². The first-order chi connectivity index (χ1) is 12.4. The second-order valence-corrected chi connectivity index (χ2v) is 10.8. The lowest BCUT2D eigenvalue weighted by Crippen LogP contribution is -2.50. The molecule has 27 heavy (non-hydrogen) atoms. The van der Waals surface area contributed by atoms with Gasteiger partial charge in [0.2, 0.25) is 9.84 Å². The smallest absolute Gasteiger partial charge is 0.406 e. The molecule has 9 heteroatoms. The largest absolute Gasteiger partial charge is 0.465 e. The highest BCUT2D eigenvalue weighted by molar-refractivity contribution is 7.91. The summed E-state index contributed by atoms with van der Waals surface area (Å²) in [5.74, 6) is -3.22. The van der Waals surface area contributed by atoms with Crippen LogP contribution in [0.3, 0.4) is 0 Å². The predicted molar refractivity (Wildman–Crippen MR) is 90.2 cm³/mol. The minimum absolute atomic E-state index is 0.00641. The lowest BCUT2D eigenvalue weighted by molar-refractivity contribution is -0.172. The zero-order valence-corrected chi connectivity index (χ0v) is 16.2. The van der Waals surface area contributed by atoms with Crippen molar-refractivity contribution in [3.05, 3.63) is 0 Å². The molecule has 4 aliphatic carbocycles. The summed E-state index contributed by atoms with van der Waals surface area (Å²) in [6.07, 6.45) is 4.47. The molecule has 4 aliphatic rings. The third kappa shape index (κ3) is 3.85. The summed E-state index contributed by atoms with van der Waals surface area (Å²) < 4.78 is 80.9. The number of alkyl halides is 4. The monoisotopic (exact) mass is 414 g/mol. The lowest BCUT2D eigenvalue weighted by atomic mass is 9.49. The van der Waals surface area contributed by atoms with Crippen LogP contribution in [0.1, 0.15) is 57.8 Å². The van der Waals surface area contributed by atoms with Gasteiger partial charge in [0.05, 0.1) is 12.0 Å². The van der Waals surface area contributed by atoms with Crippen LogP contribution in [0.2, 0.25) is 0 Å². The molecule has 0 aromatic rings. The van der Waals surface area contributed by atoms with Crippen molar-refractivity contribution >= 4 is 15.8 Å². The van der Waals surface area contributed by atoms with Crippen molar-refractivity contribution in [1.29, 1.82) is 0 Å². The second-order valence-electron chi connectivity index (χ2n) is 8.78. The molecule has 0 aromatic carbocycles. The molecule has 0 aliphatic heterocycles. The van der Waals surface area contributed by atoms with Gasteiger partial charge in [-0.15, -0.1) is 0 Å². The van der Waals surface area contributed by atoms with E-state index in [2.05, 4.69) is 0 Å². The Labute approximate surface area is 156 Å². The summed E-state index contributed by atoms with van der Waals surface area (Å²) in [4.78, 5) is 12.6. The third-order valence-electron chi connectivity index (χ3n) is 6.48. The highest BCUT2D eigenvalue weighted by atomic mass is 32.2. The Morgan fingerprint density at radius 1 is 1.00 bits per heavy atom. The predicted octanol–water partition coefficient (Wildman–Crippen LogP) is 4.19. The minimum atomic E-state index is -5.21. The van der Waals surface area contributed by atoms with Gasteiger partial charge in [-0.1, -0.05) is 0 Å². The number of carbonyl (C=O) groups excluding carboxylic acids is 1. The van der Waals surface area contributed by atoms with Crippen LogP contribution in [-0.4, -0.2) is 38.4 Å². The van der Waals surface area contributed by atoms with Crippen molar-refractivity contribution in [3.8, 4) is 0 Å². The van der Waals surface area contributed by atoms with Crippen LogP contribution >= 0.6 is 0 Å². The Morgan fingerprint density at radius 2 is 1.48 bits per heavy atom. The zero-order valence-electron chi connectivity index (χ0n) is 15.4. The zero-order chi connectivity index (χ0) is 20.1. The molecule has 4 nitrogen and oxygen atoms in total. The van der Waals surface area contributed by atoms with Gasteiger partial charge in [0.15, 0.2) is 0 Å². The van der Waals surface area contributed by atoms with Crippen molar-refractivity contribution in [2.45, 2.75) is 69.0 Å². The fraction of sp³-hybridized carbons (Fsp3) is 0.944. The molecule has 4 fully saturated rings. The molecule has 0 N–H and O–H groups in total. The van der Waals surface area contributed by atoms with E-state index in [1.807, 2.05) is 0 Å². The summed E-state index contributed by atoms with van der Waals surface area (Å²) in [6.45, 7) is -0.110. The van der Waals surface area contributed by atoms with Crippen molar-refractivity contribution < 1.29 is 35.5 Å². The first kappa shape index (κ1) is 20.9. The Kier molecular flexibility index (Phi) is 5.32. The first-order valence-electron chi connectivity index (χ1n) is 9.49. The van der Waals surface area contributed by atoms with E-state index < -0.39 is 32.9 Å². The molecule has 4 saturated carbocycles. The van der Waals surface area contributed by atoms with Crippen molar-refractivity contribution in [1.82, 2.24) is 0 Å². The van der Waals surface area contributed by atoms with Gasteiger partial charge in [0.25, 0.3) is 0 Å². The molecule has 156 valence electrons. The van der Waals surface area contributed by atoms with Gasteiger partial charge in [-0.2, -0.15) is 17.6 Å². The van der Waals surface area contributed by atoms with Crippen molar-refractivity contribution in [3.63, 3.8) is 0 Å². The van der Waals surface area contributed by atoms with E-state index in [9.17, 15) is 30.8 Å². The van der Waals surface area contributed by atoms with E-state index in [1.165, 1.54) is 19.3 Å². The molecule has 0 unspecified atom stereocenters. The summed E-state index contributed by atoms with van der Waals surface area (Å²) in [7, 11) is -5.21. The molecule has 0 spiro atoms.